The number of aliphatic imine (C=N–C) groups is 1. The minimum absolute atomic E-state index is 0.0240. The summed E-state index contributed by atoms with van der Waals surface area (Å²) in [4.78, 5) is 4.09. The van der Waals surface area contributed by atoms with Crippen LogP contribution in [0.3, 0.4) is 0 Å². The Kier molecular flexibility index (Phi) is 7.00. The second kappa shape index (κ2) is 9.45. The first-order valence-corrected chi connectivity index (χ1v) is 7.76. The van der Waals surface area contributed by atoms with Crippen LogP contribution in [0.2, 0.25) is 0 Å². The minimum atomic E-state index is -2.93. The second-order valence-electron chi connectivity index (χ2n) is 4.92. The Hall–Kier alpha value is -2.84. The predicted molar refractivity (Wildman–Crippen MR) is 89.9 cm³/mol. The van der Waals surface area contributed by atoms with Crippen LogP contribution in [0.25, 0.3) is 0 Å². The van der Waals surface area contributed by atoms with Gasteiger partial charge < -0.3 is 20.1 Å². The lowest BCUT2D eigenvalue weighted by molar-refractivity contribution is -0.0520. The molecule has 1 aromatic carbocycles. The van der Waals surface area contributed by atoms with E-state index in [2.05, 4.69) is 30.6 Å². The first kappa shape index (κ1) is 18.5. The Labute approximate surface area is 144 Å². The van der Waals surface area contributed by atoms with Crippen LogP contribution >= 0.6 is 0 Å². The van der Waals surface area contributed by atoms with E-state index in [4.69, 9.17) is 4.74 Å². The van der Waals surface area contributed by atoms with Gasteiger partial charge in [0.2, 0.25) is 0 Å². The summed E-state index contributed by atoms with van der Waals surface area (Å²) >= 11 is 0. The zero-order chi connectivity index (χ0) is 18.1. The van der Waals surface area contributed by atoms with Gasteiger partial charge in [-0.1, -0.05) is 12.1 Å². The maximum absolute atomic E-state index is 12.7. The van der Waals surface area contributed by atoms with Gasteiger partial charge in [0, 0.05) is 25.4 Å². The number of benzene rings is 1. The maximum atomic E-state index is 12.7. The molecule has 0 saturated carbocycles. The second-order valence-corrected chi connectivity index (χ2v) is 4.92. The molecule has 0 spiro atoms. The zero-order valence-electron chi connectivity index (χ0n) is 14.1. The van der Waals surface area contributed by atoms with Crippen LogP contribution in [-0.4, -0.2) is 36.4 Å². The van der Waals surface area contributed by atoms with E-state index in [1.807, 2.05) is 6.07 Å². The Balaban J connectivity index is 2.03. The third kappa shape index (κ3) is 5.63. The molecule has 0 unspecified atom stereocenters. The van der Waals surface area contributed by atoms with Crippen LogP contribution in [0.5, 0.6) is 11.5 Å². The molecule has 0 radical (unpaired) electrons. The van der Waals surface area contributed by atoms with Gasteiger partial charge in [0.25, 0.3) is 0 Å². The summed E-state index contributed by atoms with van der Waals surface area (Å²) in [6.45, 7) is -0.0643. The molecule has 0 atom stereocenters. The molecule has 0 bridgehead atoms. The lowest BCUT2D eigenvalue weighted by atomic mass is 10.2. The lowest BCUT2D eigenvalue weighted by Crippen LogP contribution is -2.36. The molecule has 3 N–H and O–H groups in total. The van der Waals surface area contributed by atoms with Gasteiger partial charge in [-0.25, -0.2) is 0 Å². The van der Waals surface area contributed by atoms with E-state index < -0.39 is 6.61 Å². The molecule has 1 aromatic heterocycles. The van der Waals surface area contributed by atoms with E-state index in [9.17, 15) is 8.78 Å². The van der Waals surface area contributed by atoms with Crippen LogP contribution in [0.4, 0.5) is 8.78 Å². The first-order chi connectivity index (χ1) is 12.1. The third-order valence-corrected chi connectivity index (χ3v) is 3.24. The summed E-state index contributed by atoms with van der Waals surface area (Å²) < 4.78 is 35.4. The Bertz CT molecular complexity index is 677. The average molecular weight is 353 g/mol. The SMILES string of the molecule is CCOc1cccc(CNC(=NC)NCc2ccn[nH]2)c1OC(F)F. The van der Waals surface area contributed by atoms with Crippen LogP contribution in [-0.2, 0) is 13.1 Å². The standard InChI is InChI=1S/C16H21F2N5O2/c1-3-24-13-6-4-5-11(14(13)25-15(17)18)9-20-16(19-2)21-10-12-7-8-22-23-12/h4-8,15H,3,9-10H2,1-2H3,(H,22,23)(H2,19,20,21). The Morgan fingerprint density at radius 3 is 2.72 bits per heavy atom. The van der Waals surface area contributed by atoms with Crippen LogP contribution in [0.15, 0.2) is 35.5 Å². The summed E-state index contributed by atoms with van der Waals surface area (Å²) in [7, 11) is 1.62. The number of rotatable bonds is 8. The van der Waals surface area contributed by atoms with Crippen molar-refractivity contribution in [3.05, 3.63) is 41.7 Å². The zero-order valence-corrected chi connectivity index (χ0v) is 14.1. The molecule has 7 nitrogen and oxygen atoms in total. The number of alkyl halides is 2. The summed E-state index contributed by atoms with van der Waals surface area (Å²) in [6.07, 6.45) is 1.65. The summed E-state index contributed by atoms with van der Waals surface area (Å²) in [6, 6.07) is 6.84. The molecular formula is C16H21F2N5O2. The van der Waals surface area contributed by atoms with Crippen molar-refractivity contribution in [1.82, 2.24) is 20.8 Å². The molecule has 136 valence electrons. The molecule has 0 fully saturated rings. The highest BCUT2D eigenvalue weighted by atomic mass is 19.3. The number of H-pyrrole nitrogens is 1. The number of aromatic nitrogens is 2. The fourth-order valence-corrected chi connectivity index (χ4v) is 2.15. The highest BCUT2D eigenvalue weighted by molar-refractivity contribution is 5.79. The highest BCUT2D eigenvalue weighted by Crippen LogP contribution is 2.32. The number of guanidine groups is 1. The quantitative estimate of drug-likeness (QED) is 0.501. The van der Waals surface area contributed by atoms with Crippen molar-refractivity contribution in [3.63, 3.8) is 0 Å². The summed E-state index contributed by atoms with van der Waals surface area (Å²) in [5.41, 5.74) is 1.43. The normalized spacial score (nSPS) is 11.5. The van der Waals surface area contributed by atoms with Gasteiger partial charge in [-0.2, -0.15) is 13.9 Å². The lowest BCUT2D eigenvalue weighted by Gasteiger charge is -2.17. The van der Waals surface area contributed by atoms with Gasteiger partial charge in [0.15, 0.2) is 17.5 Å². The molecule has 25 heavy (non-hydrogen) atoms. The van der Waals surface area contributed by atoms with Crippen molar-refractivity contribution < 1.29 is 18.3 Å². The molecule has 1 heterocycles. The average Bonchev–Trinajstić information content (AvgIpc) is 3.10. The Morgan fingerprint density at radius 1 is 1.28 bits per heavy atom. The van der Waals surface area contributed by atoms with Crippen LogP contribution < -0.4 is 20.1 Å². The number of para-hydroxylation sites is 1. The number of hydrogen-bond acceptors (Lipinski definition) is 4. The van der Waals surface area contributed by atoms with Gasteiger partial charge in [-0.15, -0.1) is 0 Å². The number of halogens is 2. The number of nitrogens with one attached hydrogen (secondary N) is 3. The number of nitrogens with zero attached hydrogens (tertiary/aromatic N) is 2. The smallest absolute Gasteiger partial charge is 0.387 e. The van der Waals surface area contributed by atoms with Crippen molar-refractivity contribution in [2.24, 2.45) is 4.99 Å². The first-order valence-electron chi connectivity index (χ1n) is 7.76. The topological polar surface area (TPSA) is 83.6 Å². The van der Waals surface area contributed by atoms with Crippen molar-refractivity contribution in [1.29, 1.82) is 0 Å². The van der Waals surface area contributed by atoms with E-state index >= 15 is 0 Å². The molecule has 0 aliphatic carbocycles. The van der Waals surface area contributed by atoms with Crippen molar-refractivity contribution in [3.8, 4) is 11.5 Å². The van der Waals surface area contributed by atoms with E-state index in [1.54, 1.807) is 38.4 Å². The van der Waals surface area contributed by atoms with Crippen LogP contribution in [0, 0.1) is 0 Å². The summed E-state index contributed by atoms with van der Waals surface area (Å²) in [5, 5.41) is 12.8. The number of ether oxygens (including phenoxy) is 2. The van der Waals surface area contributed by atoms with E-state index in [1.165, 1.54) is 0 Å². The van der Waals surface area contributed by atoms with E-state index in [0.717, 1.165) is 5.69 Å². The molecular weight excluding hydrogens is 332 g/mol. The third-order valence-electron chi connectivity index (χ3n) is 3.24. The monoisotopic (exact) mass is 353 g/mol. The molecule has 0 aliphatic rings. The number of aromatic amines is 1. The Morgan fingerprint density at radius 2 is 2.08 bits per heavy atom. The predicted octanol–water partition coefficient (Wildman–Crippen LogP) is 2.27. The van der Waals surface area contributed by atoms with Crippen LogP contribution in [0.1, 0.15) is 18.2 Å². The number of hydrogen-bond donors (Lipinski definition) is 3. The fourth-order valence-electron chi connectivity index (χ4n) is 2.15. The van der Waals surface area contributed by atoms with Crippen molar-refractivity contribution in [2.75, 3.05) is 13.7 Å². The largest absolute Gasteiger partial charge is 0.490 e. The maximum Gasteiger partial charge on any atom is 0.387 e. The highest BCUT2D eigenvalue weighted by Gasteiger charge is 2.16. The van der Waals surface area contributed by atoms with Gasteiger partial charge in [-0.3, -0.25) is 10.1 Å². The molecule has 0 aliphatic heterocycles. The molecule has 0 saturated heterocycles. The summed E-state index contributed by atoms with van der Waals surface area (Å²) in [5.74, 6) is 0.817. The van der Waals surface area contributed by atoms with Crippen molar-refractivity contribution in [2.45, 2.75) is 26.6 Å². The molecule has 2 rings (SSSR count). The fraction of sp³-hybridized carbons (Fsp3) is 0.375. The minimum Gasteiger partial charge on any atom is -0.490 e. The molecule has 0 amide bonds. The van der Waals surface area contributed by atoms with Gasteiger partial charge in [0.05, 0.1) is 18.8 Å². The molecule has 2 aromatic rings. The van der Waals surface area contributed by atoms with Crippen molar-refractivity contribution >= 4 is 5.96 Å². The van der Waals surface area contributed by atoms with E-state index in [0.29, 0.717) is 24.7 Å². The van der Waals surface area contributed by atoms with Gasteiger partial charge in [0.1, 0.15) is 0 Å². The van der Waals surface area contributed by atoms with Gasteiger partial charge >= 0.3 is 6.61 Å². The van der Waals surface area contributed by atoms with E-state index in [-0.39, 0.29) is 18.0 Å². The molecule has 9 heteroatoms. The van der Waals surface area contributed by atoms with Gasteiger partial charge in [-0.05, 0) is 19.1 Å².